The van der Waals surface area contributed by atoms with Gasteiger partial charge in [0.2, 0.25) is 0 Å². The first-order valence-corrected chi connectivity index (χ1v) is 7.30. The number of hydrogen-bond donors (Lipinski definition) is 2. The number of β-amino-alcohol motifs (C(OH)–C–C–N with tert-alkyl or cyclic N) is 1. The van der Waals surface area contributed by atoms with Crippen molar-refractivity contribution in [1.82, 2.24) is 10.2 Å². The van der Waals surface area contributed by atoms with Gasteiger partial charge in [-0.2, -0.15) is 0 Å². The van der Waals surface area contributed by atoms with E-state index in [9.17, 15) is 5.11 Å². The van der Waals surface area contributed by atoms with Crippen LogP contribution in [-0.4, -0.2) is 42.7 Å². The normalized spacial score (nSPS) is 18.2. The second-order valence-corrected chi connectivity index (χ2v) is 5.66. The van der Waals surface area contributed by atoms with Gasteiger partial charge < -0.3 is 10.4 Å². The molecule has 1 unspecified atom stereocenters. The van der Waals surface area contributed by atoms with Crippen LogP contribution in [0.3, 0.4) is 0 Å². The average molecular weight is 299 g/mol. The second kappa shape index (κ2) is 6.68. The molecule has 0 amide bonds. The third-order valence-corrected chi connectivity index (χ3v) is 4.49. The maximum atomic E-state index is 10.4. The van der Waals surface area contributed by atoms with Crippen molar-refractivity contribution in [3.8, 4) is 0 Å². The molecule has 1 aromatic carbocycles. The zero-order valence-corrected chi connectivity index (χ0v) is 12.3. The van der Waals surface area contributed by atoms with Crippen LogP contribution in [-0.2, 0) is 0 Å². The predicted molar refractivity (Wildman–Crippen MR) is 83.3 cm³/mol. The first-order valence-electron chi connectivity index (χ1n) is 6.42. The van der Waals surface area contributed by atoms with E-state index in [2.05, 4.69) is 27.7 Å². The van der Waals surface area contributed by atoms with E-state index in [-0.39, 0.29) is 18.5 Å². The number of nitrogens with zero attached hydrogens (tertiary/aromatic N) is 1. The lowest BCUT2D eigenvalue weighted by atomic mass is 10.1. The van der Waals surface area contributed by atoms with Gasteiger partial charge in [-0.15, -0.1) is 23.7 Å². The van der Waals surface area contributed by atoms with E-state index >= 15 is 0 Å². The molecule has 0 saturated carbocycles. The fourth-order valence-electron chi connectivity index (χ4n) is 2.49. The van der Waals surface area contributed by atoms with Crippen LogP contribution < -0.4 is 5.32 Å². The fourth-order valence-corrected chi connectivity index (χ4v) is 3.50. The van der Waals surface area contributed by atoms with Crippen LogP contribution in [0.15, 0.2) is 29.6 Å². The van der Waals surface area contributed by atoms with E-state index in [1.807, 2.05) is 12.1 Å². The lowest BCUT2D eigenvalue weighted by Gasteiger charge is -2.29. The van der Waals surface area contributed by atoms with Gasteiger partial charge in [0.15, 0.2) is 0 Å². The zero-order valence-electron chi connectivity index (χ0n) is 10.7. The first-order chi connectivity index (χ1) is 8.84. The van der Waals surface area contributed by atoms with E-state index < -0.39 is 0 Å². The highest BCUT2D eigenvalue weighted by Gasteiger charge is 2.18. The Morgan fingerprint density at radius 3 is 2.79 bits per heavy atom. The Hall–Kier alpha value is -0.650. The van der Waals surface area contributed by atoms with Gasteiger partial charge in [0.25, 0.3) is 0 Å². The summed E-state index contributed by atoms with van der Waals surface area (Å²) in [5, 5.41) is 17.0. The molecule has 1 fully saturated rings. The van der Waals surface area contributed by atoms with Crippen LogP contribution in [0.1, 0.15) is 11.7 Å². The smallest absolute Gasteiger partial charge is 0.0930 e. The minimum absolute atomic E-state index is 0. The summed E-state index contributed by atoms with van der Waals surface area (Å²) in [5.74, 6) is 0. The molecule has 19 heavy (non-hydrogen) atoms. The minimum atomic E-state index is -0.376. The summed E-state index contributed by atoms with van der Waals surface area (Å²) in [5.41, 5.74) is 1.08. The van der Waals surface area contributed by atoms with E-state index in [0.717, 1.165) is 38.3 Å². The average Bonchev–Trinajstić information content (AvgIpc) is 2.84. The Kier molecular flexibility index (Phi) is 5.19. The number of hydrogen-bond acceptors (Lipinski definition) is 4. The standard InChI is InChI=1S/C14H18N2OS.ClH/c17-13(9-16-7-5-15-6-8-16)12-10-18-14-4-2-1-3-11(12)14;/h1-4,10,13,15,17H,5-9H2;1H. The Balaban J connectivity index is 0.00000133. The Labute approximate surface area is 123 Å². The van der Waals surface area contributed by atoms with E-state index in [0.29, 0.717) is 0 Å². The van der Waals surface area contributed by atoms with Crippen LogP contribution in [0.5, 0.6) is 0 Å². The quantitative estimate of drug-likeness (QED) is 0.912. The first kappa shape index (κ1) is 14.8. The van der Waals surface area contributed by atoms with Crippen LogP contribution in [0.4, 0.5) is 0 Å². The van der Waals surface area contributed by atoms with Crippen molar-refractivity contribution < 1.29 is 5.11 Å². The van der Waals surface area contributed by atoms with Crippen molar-refractivity contribution >= 4 is 33.8 Å². The van der Waals surface area contributed by atoms with Crippen molar-refractivity contribution in [3.05, 3.63) is 35.2 Å². The molecular weight excluding hydrogens is 280 g/mol. The molecule has 0 aliphatic carbocycles. The highest BCUT2D eigenvalue weighted by molar-refractivity contribution is 7.17. The molecule has 0 radical (unpaired) electrons. The summed E-state index contributed by atoms with van der Waals surface area (Å²) in [6.07, 6.45) is -0.376. The highest BCUT2D eigenvalue weighted by atomic mass is 35.5. The molecule has 3 rings (SSSR count). The molecule has 3 nitrogen and oxygen atoms in total. The molecule has 0 spiro atoms. The SMILES string of the molecule is Cl.OC(CN1CCNCC1)c1csc2ccccc12. The summed E-state index contributed by atoms with van der Waals surface area (Å²) in [4.78, 5) is 2.33. The number of halogens is 1. The summed E-state index contributed by atoms with van der Waals surface area (Å²) in [7, 11) is 0. The van der Waals surface area contributed by atoms with Crippen molar-refractivity contribution in [2.75, 3.05) is 32.7 Å². The van der Waals surface area contributed by atoms with E-state index in [4.69, 9.17) is 0 Å². The number of nitrogens with one attached hydrogen (secondary N) is 1. The number of benzene rings is 1. The van der Waals surface area contributed by atoms with Gasteiger partial charge in [-0.05, 0) is 16.8 Å². The molecule has 1 aromatic heterocycles. The minimum Gasteiger partial charge on any atom is -0.387 e. The Bertz CT molecular complexity index is 525. The Morgan fingerprint density at radius 1 is 1.26 bits per heavy atom. The molecule has 5 heteroatoms. The summed E-state index contributed by atoms with van der Waals surface area (Å²) in [6.45, 7) is 4.84. The third-order valence-electron chi connectivity index (χ3n) is 3.51. The predicted octanol–water partition coefficient (Wildman–Crippen LogP) is 2.26. The largest absolute Gasteiger partial charge is 0.387 e. The third kappa shape index (κ3) is 3.27. The van der Waals surface area contributed by atoms with Gasteiger partial charge in [-0.3, -0.25) is 4.90 Å². The van der Waals surface area contributed by atoms with Gasteiger partial charge in [0, 0.05) is 43.0 Å². The molecular formula is C14H19ClN2OS. The molecule has 1 saturated heterocycles. The maximum Gasteiger partial charge on any atom is 0.0930 e. The topological polar surface area (TPSA) is 35.5 Å². The molecule has 1 aliphatic heterocycles. The molecule has 1 aliphatic rings. The molecule has 0 bridgehead atoms. The lowest BCUT2D eigenvalue weighted by Crippen LogP contribution is -2.44. The van der Waals surface area contributed by atoms with Gasteiger partial charge >= 0.3 is 0 Å². The van der Waals surface area contributed by atoms with Crippen LogP contribution in [0, 0.1) is 0 Å². The second-order valence-electron chi connectivity index (χ2n) is 4.75. The molecule has 1 atom stereocenters. The maximum absolute atomic E-state index is 10.4. The van der Waals surface area contributed by atoms with E-state index in [1.54, 1.807) is 11.3 Å². The van der Waals surface area contributed by atoms with Crippen molar-refractivity contribution in [2.24, 2.45) is 0 Å². The number of piperazine rings is 1. The Morgan fingerprint density at radius 2 is 2.00 bits per heavy atom. The van der Waals surface area contributed by atoms with Gasteiger partial charge in [-0.25, -0.2) is 0 Å². The lowest BCUT2D eigenvalue weighted by molar-refractivity contribution is 0.107. The van der Waals surface area contributed by atoms with Crippen molar-refractivity contribution in [1.29, 1.82) is 0 Å². The summed E-state index contributed by atoms with van der Waals surface area (Å²) < 4.78 is 1.26. The number of aliphatic hydroxyl groups is 1. The van der Waals surface area contributed by atoms with Gasteiger partial charge in [0.1, 0.15) is 0 Å². The monoisotopic (exact) mass is 298 g/mol. The van der Waals surface area contributed by atoms with Crippen molar-refractivity contribution in [2.45, 2.75) is 6.10 Å². The van der Waals surface area contributed by atoms with E-state index in [1.165, 1.54) is 10.1 Å². The summed E-state index contributed by atoms with van der Waals surface area (Å²) in [6, 6.07) is 8.30. The summed E-state index contributed by atoms with van der Waals surface area (Å²) >= 11 is 1.71. The molecule has 2 N–H and O–H groups in total. The highest BCUT2D eigenvalue weighted by Crippen LogP contribution is 2.30. The van der Waals surface area contributed by atoms with Gasteiger partial charge in [0.05, 0.1) is 6.10 Å². The number of fused-ring (bicyclic) bond motifs is 1. The number of thiophene rings is 1. The van der Waals surface area contributed by atoms with Gasteiger partial charge in [-0.1, -0.05) is 18.2 Å². The number of rotatable bonds is 3. The molecule has 104 valence electrons. The van der Waals surface area contributed by atoms with Crippen LogP contribution >= 0.6 is 23.7 Å². The van der Waals surface area contributed by atoms with Crippen molar-refractivity contribution in [3.63, 3.8) is 0 Å². The zero-order chi connectivity index (χ0) is 12.4. The fraction of sp³-hybridized carbons (Fsp3) is 0.429. The number of aliphatic hydroxyl groups excluding tert-OH is 1. The van der Waals surface area contributed by atoms with Crippen LogP contribution in [0.2, 0.25) is 0 Å². The van der Waals surface area contributed by atoms with Crippen LogP contribution in [0.25, 0.3) is 10.1 Å². The molecule has 2 heterocycles. The molecule has 2 aromatic rings.